The second kappa shape index (κ2) is 3.59. The molecule has 70 valence electrons. The predicted octanol–water partition coefficient (Wildman–Crippen LogP) is 2.89. The summed E-state index contributed by atoms with van der Waals surface area (Å²) < 4.78 is 0. The molecule has 12 heavy (non-hydrogen) atoms. The fraction of sp³-hybridized carbons (Fsp3) is 0.909. The number of carbonyl (C=O) groups is 1. The molecule has 0 amide bonds. The van der Waals surface area contributed by atoms with Crippen molar-refractivity contribution in [2.45, 2.75) is 40.5 Å². The van der Waals surface area contributed by atoms with E-state index < -0.39 is 0 Å². The Hall–Kier alpha value is -0.330. The second-order valence-electron chi connectivity index (χ2n) is 4.67. The summed E-state index contributed by atoms with van der Waals surface area (Å²) in [6.07, 6.45) is 2.38. The molecule has 1 rings (SSSR count). The maximum Gasteiger partial charge on any atom is 0.133 e. The summed E-state index contributed by atoms with van der Waals surface area (Å²) in [5.74, 6) is 2.91. The smallest absolute Gasteiger partial charge is 0.133 e. The summed E-state index contributed by atoms with van der Waals surface area (Å²) in [5, 5.41) is 0. The van der Waals surface area contributed by atoms with Crippen LogP contribution in [0.25, 0.3) is 0 Å². The lowest BCUT2D eigenvalue weighted by atomic mass is 9.92. The van der Waals surface area contributed by atoms with Gasteiger partial charge in [-0.05, 0) is 37.5 Å². The highest BCUT2D eigenvalue weighted by atomic mass is 16.1. The summed E-state index contributed by atoms with van der Waals surface area (Å²) >= 11 is 0. The summed E-state index contributed by atoms with van der Waals surface area (Å²) in [6.45, 7) is 8.48. The summed E-state index contributed by atoms with van der Waals surface area (Å²) in [5.41, 5.74) is 0. The first-order chi connectivity index (χ1) is 5.52. The van der Waals surface area contributed by atoms with Gasteiger partial charge in [0.15, 0.2) is 0 Å². The van der Waals surface area contributed by atoms with Crippen LogP contribution in [0.1, 0.15) is 40.5 Å². The maximum absolute atomic E-state index is 11.2. The number of hydrogen-bond acceptors (Lipinski definition) is 1. The van der Waals surface area contributed by atoms with E-state index in [-0.39, 0.29) is 0 Å². The van der Waals surface area contributed by atoms with Gasteiger partial charge in [-0.2, -0.15) is 0 Å². The van der Waals surface area contributed by atoms with Crippen molar-refractivity contribution < 1.29 is 4.79 Å². The molecule has 0 aromatic heterocycles. The molecule has 0 spiro atoms. The van der Waals surface area contributed by atoms with Gasteiger partial charge in [-0.1, -0.05) is 20.8 Å². The molecule has 3 unspecified atom stereocenters. The zero-order valence-electron chi connectivity index (χ0n) is 8.63. The molecule has 3 atom stereocenters. The van der Waals surface area contributed by atoms with E-state index in [0.717, 1.165) is 18.3 Å². The molecule has 1 aliphatic rings. The van der Waals surface area contributed by atoms with Crippen molar-refractivity contribution in [3.8, 4) is 0 Å². The molecular weight excluding hydrogens is 148 g/mol. The fourth-order valence-electron chi connectivity index (χ4n) is 2.41. The molecule has 0 bridgehead atoms. The van der Waals surface area contributed by atoms with Crippen LogP contribution in [-0.2, 0) is 4.79 Å². The molecule has 0 saturated heterocycles. The van der Waals surface area contributed by atoms with Crippen LogP contribution in [0.4, 0.5) is 0 Å². The van der Waals surface area contributed by atoms with Crippen molar-refractivity contribution in [3.63, 3.8) is 0 Å². The molecule has 0 aromatic rings. The molecule has 0 aromatic carbocycles. The minimum Gasteiger partial charge on any atom is -0.300 e. The average molecular weight is 168 g/mol. The number of rotatable bonds is 2. The molecule has 1 fully saturated rings. The van der Waals surface area contributed by atoms with Gasteiger partial charge in [0.25, 0.3) is 0 Å². The van der Waals surface area contributed by atoms with Crippen molar-refractivity contribution in [1.29, 1.82) is 0 Å². The minimum atomic E-state index is 0.359. The molecule has 0 aliphatic heterocycles. The summed E-state index contributed by atoms with van der Waals surface area (Å²) in [7, 11) is 0. The zero-order chi connectivity index (χ0) is 9.30. The first kappa shape index (κ1) is 9.76. The molecule has 0 radical (unpaired) electrons. The van der Waals surface area contributed by atoms with Crippen LogP contribution < -0.4 is 0 Å². The Balaban J connectivity index is 2.56. The zero-order valence-corrected chi connectivity index (χ0v) is 8.63. The van der Waals surface area contributed by atoms with Crippen molar-refractivity contribution in [1.82, 2.24) is 0 Å². The Bertz CT molecular complexity index is 172. The molecular formula is C11H20O. The van der Waals surface area contributed by atoms with E-state index in [1.54, 1.807) is 6.92 Å². The van der Waals surface area contributed by atoms with Crippen LogP contribution in [0.3, 0.4) is 0 Å². The first-order valence-corrected chi connectivity index (χ1v) is 5.02. The average Bonchev–Trinajstić information content (AvgIpc) is 2.30. The van der Waals surface area contributed by atoms with Crippen molar-refractivity contribution in [2.24, 2.45) is 23.7 Å². The van der Waals surface area contributed by atoms with E-state index >= 15 is 0 Å². The predicted molar refractivity (Wildman–Crippen MR) is 50.9 cm³/mol. The summed E-state index contributed by atoms with van der Waals surface area (Å²) in [4.78, 5) is 11.2. The van der Waals surface area contributed by atoms with E-state index in [1.165, 1.54) is 6.42 Å². The third-order valence-corrected chi connectivity index (χ3v) is 3.38. The van der Waals surface area contributed by atoms with Gasteiger partial charge >= 0.3 is 0 Å². The molecule has 1 heteroatoms. The van der Waals surface area contributed by atoms with E-state index in [9.17, 15) is 4.79 Å². The first-order valence-electron chi connectivity index (χ1n) is 5.02. The van der Waals surface area contributed by atoms with Gasteiger partial charge in [-0.3, -0.25) is 4.79 Å². The van der Waals surface area contributed by atoms with Gasteiger partial charge in [0.05, 0.1) is 0 Å². The third kappa shape index (κ3) is 1.88. The number of ketones is 1. The molecule has 0 N–H and O–H groups in total. The fourth-order valence-corrected chi connectivity index (χ4v) is 2.41. The van der Waals surface area contributed by atoms with Gasteiger partial charge in [-0.15, -0.1) is 0 Å². The summed E-state index contributed by atoms with van der Waals surface area (Å²) in [6, 6.07) is 0. The normalized spacial score (nSPS) is 35.9. The van der Waals surface area contributed by atoms with Crippen LogP contribution in [0, 0.1) is 23.7 Å². The van der Waals surface area contributed by atoms with Gasteiger partial charge in [0, 0.05) is 5.92 Å². The highest BCUT2D eigenvalue weighted by Gasteiger charge is 2.34. The Morgan fingerprint density at radius 2 is 1.92 bits per heavy atom. The number of hydrogen-bond donors (Lipinski definition) is 0. The third-order valence-electron chi connectivity index (χ3n) is 3.38. The van der Waals surface area contributed by atoms with E-state index in [4.69, 9.17) is 0 Å². The van der Waals surface area contributed by atoms with E-state index in [2.05, 4.69) is 20.8 Å². The van der Waals surface area contributed by atoms with Gasteiger partial charge < -0.3 is 0 Å². The number of carbonyl (C=O) groups excluding carboxylic acids is 1. The van der Waals surface area contributed by atoms with Gasteiger partial charge in [0.2, 0.25) is 0 Å². The second-order valence-corrected chi connectivity index (χ2v) is 4.67. The molecule has 1 aliphatic carbocycles. The SMILES string of the molecule is CC(=O)C1CC(C(C)C)CC1C. The Labute approximate surface area is 75.5 Å². The van der Waals surface area contributed by atoms with Crippen molar-refractivity contribution in [2.75, 3.05) is 0 Å². The number of Topliss-reactive ketones (excluding diaryl/α,β-unsaturated/α-hetero) is 1. The van der Waals surface area contributed by atoms with Crippen LogP contribution in [-0.4, -0.2) is 5.78 Å². The monoisotopic (exact) mass is 168 g/mol. The highest BCUT2D eigenvalue weighted by molar-refractivity contribution is 5.78. The van der Waals surface area contributed by atoms with E-state index in [1.807, 2.05) is 0 Å². The molecule has 1 saturated carbocycles. The lowest BCUT2D eigenvalue weighted by Gasteiger charge is -2.12. The van der Waals surface area contributed by atoms with Crippen LogP contribution in [0.5, 0.6) is 0 Å². The van der Waals surface area contributed by atoms with Crippen LogP contribution >= 0.6 is 0 Å². The highest BCUT2D eigenvalue weighted by Crippen LogP contribution is 2.40. The standard InChI is InChI=1S/C11H20O/c1-7(2)10-5-8(3)11(6-10)9(4)12/h7-8,10-11H,5-6H2,1-4H3. The minimum absolute atomic E-state index is 0.359. The van der Waals surface area contributed by atoms with Crippen LogP contribution in [0.15, 0.2) is 0 Å². The van der Waals surface area contributed by atoms with Gasteiger partial charge in [0.1, 0.15) is 5.78 Å². The van der Waals surface area contributed by atoms with Crippen molar-refractivity contribution in [3.05, 3.63) is 0 Å². The van der Waals surface area contributed by atoms with Crippen LogP contribution in [0.2, 0.25) is 0 Å². The Morgan fingerprint density at radius 1 is 1.33 bits per heavy atom. The maximum atomic E-state index is 11.2. The van der Waals surface area contributed by atoms with E-state index in [0.29, 0.717) is 17.6 Å². The lowest BCUT2D eigenvalue weighted by molar-refractivity contribution is -0.121. The molecule has 1 nitrogen and oxygen atoms in total. The largest absolute Gasteiger partial charge is 0.300 e. The van der Waals surface area contributed by atoms with Crippen molar-refractivity contribution >= 4 is 5.78 Å². The lowest BCUT2D eigenvalue weighted by Crippen LogP contribution is -2.13. The Morgan fingerprint density at radius 3 is 2.17 bits per heavy atom. The quantitative estimate of drug-likeness (QED) is 0.619. The topological polar surface area (TPSA) is 17.1 Å². The molecule has 0 heterocycles. The van der Waals surface area contributed by atoms with Gasteiger partial charge in [-0.25, -0.2) is 0 Å². The Kier molecular flexibility index (Phi) is 2.92.